The minimum Gasteiger partial charge on any atom is -0.490 e. The number of methoxy groups -OCH3 is 1. The van der Waals surface area contributed by atoms with Crippen molar-refractivity contribution in [3.63, 3.8) is 0 Å². The Kier molecular flexibility index (Phi) is 4.43. The molecule has 0 bridgehead atoms. The molecule has 1 atom stereocenters. The second-order valence-electron chi connectivity index (χ2n) is 5.78. The Labute approximate surface area is 126 Å². The second kappa shape index (κ2) is 6.47. The first-order chi connectivity index (χ1) is 10.3. The van der Waals surface area contributed by atoms with Gasteiger partial charge in [0.05, 0.1) is 7.11 Å². The molecule has 3 heterocycles. The summed E-state index contributed by atoms with van der Waals surface area (Å²) in [5.41, 5.74) is 0. The number of hydrogen-bond donors (Lipinski definition) is 1. The van der Waals surface area contributed by atoms with Gasteiger partial charge in [0.25, 0.3) is 0 Å². The lowest BCUT2D eigenvalue weighted by Gasteiger charge is -2.38. The fourth-order valence-corrected chi connectivity index (χ4v) is 3.33. The van der Waals surface area contributed by atoms with Crippen LogP contribution in [0.4, 0.5) is 11.6 Å². The summed E-state index contributed by atoms with van der Waals surface area (Å²) in [4.78, 5) is 13.8. The average Bonchev–Trinajstić information content (AvgIpc) is 2.99. The molecule has 2 fully saturated rings. The number of piperazine rings is 1. The number of hydrogen-bond acceptors (Lipinski definition) is 6. The predicted molar refractivity (Wildman–Crippen MR) is 84.2 cm³/mol. The molecule has 0 saturated carbocycles. The molecule has 0 radical (unpaired) electrons. The molecular formula is C15H25N5O. The van der Waals surface area contributed by atoms with E-state index in [0.29, 0.717) is 6.04 Å². The molecule has 1 N–H and O–H groups in total. The highest BCUT2D eigenvalue weighted by molar-refractivity contribution is 5.65. The lowest BCUT2D eigenvalue weighted by Crippen LogP contribution is -2.50. The van der Waals surface area contributed by atoms with Crippen molar-refractivity contribution >= 4 is 11.6 Å². The number of aromatic nitrogens is 2. The Morgan fingerprint density at radius 2 is 2.24 bits per heavy atom. The molecular weight excluding hydrogens is 266 g/mol. The molecule has 3 rings (SSSR count). The van der Waals surface area contributed by atoms with Crippen LogP contribution >= 0.6 is 0 Å². The number of ether oxygens (including phenoxy) is 1. The number of nitrogens with zero attached hydrogens (tertiary/aromatic N) is 4. The molecule has 116 valence electrons. The van der Waals surface area contributed by atoms with E-state index in [9.17, 15) is 0 Å². The topological polar surface area (TPSA) is 53.5 Å². The summed E-state index contributed by atoms with van der Waals surface area (Å²) in [6.07, 6.45) is 5.31. The highest BCUT2D eigenvalue weighted by Gasteiger charge is 2.32. The highest BCUT2D eigenvalue weighted by atomic mass is 16.5. The van der Waals surface area contributed by atoms with Crippen LogP contribution in [0.5, 0.6) is 5.75 Å². The van der Waals surface area contributed by atoms with Crippen molar-refractivity contribution in [1.82, 2.24) is 14.9 Å². The van der Waals surface area contributed by atoms with E-state index in [0.717, 1.165) is 50.0 Å². The Morgan fingerprint density at radius 3 is 3.05 bits per heavy atom. The standard InChI is InChI=1S/C15H25N5O/c1-3-6-16-14-13(21-2)15(18-11-17-14)20-9-8-19-7-4-5-12(19)10-20/h11-12H,3-10H2,1-2H3,(H,16,17,18). The highest BCUT2D eigenvalue weighted by Crippen LogP contribution is 2.34. The number of rotatable bonds is 5. The van der Waals surface area contributed by atoms with Gasteiger partial charge in [-0.2, -0.15) is 0 Å². The summed E-state index contributed by atoms with van der Waals surface area (Å²) in [6.45, 7) is 7.46. The number of fused-ring (bicyclic) bond motifs is 1. The first-order valence-electron chi connectivity index (χ1n) is 7.95. The van der Waals surface area contributed by atoms with Crippen LogP contribution in [0, 0.1) is 0 Å². The third kappa shape index (κ3) is 2.90. The first-order valence-corrected chi connectivity index (χ1v) is 7.95. The molecule has 1 aromatic rings. The van der Waals surface area contributed by atoms with E-state index in [1.165, 1.54) is 19.4 Å². The lowest BCUT2D eigenvalue weighted by molar-refractivity contribution is 0.229. The average molecular weight is 291 g/mol. The maximum absolute atomic E-state index is 5.60. The Hall–Kier alpha value is -1.56. The first kappa shape index (κ1) is 14.4. The van der Waals surface area contributed by atoms with Crippen molar-refractivity contribution in [2.24, 2.45) is 0 Å². The minimum atomic E-state index is 0.672. The van der Waals surface area contributed by atoms with E-state index in [2.05, 4.69) is 32.0 Å². The van der Waals surface area contributed by atoms with Gasteiger partial charge in [0.15, 0.2) is 11.6 Å². The maximum Gasteiger partial charge on any atom is 0.204 e. The fourth-order valence-electron chi connectivity index (χ4n) is 3.33. The molecule has 6 nitrogen and oxygen atoms in total. The van der Waals surface area contributed by atoms with Crippen LogP contribution in [-0.2, 0) is 0 Å². The third-order valence-electron chi connectivity index (χ3n) is 4.42. The summed E-state index contributed by atoms with van der Waals surface area (Å²) in [5, 5.41) is 3.33. The van der Waals surface area contributed by atoms with Crippen LogP contribution in [0.25, 0.3) is 0 Å². The van der Waals surface area contributed by atoms with E-state index < -0.39 is 0 Å². The van der Waals surface area contributed by atoms with Gasteiger partial charge in [-0.15, -0.1) is 0 Å². The van der Waals surface area contributed by atoms with Crippen LogP contribution < -0.4 is 15.0 Å². The molecule has 2 aliphatic rings. The Morgan fingerprint density at radius 1 is 1.33 bits per heavy atom. The number of anilines is 2. The van der Waals surface area contributed by atoms with E-state index in [-0.39, 0.29) is 0 Å². The largest absolute Gasteiger partial charge is 0.490 e. The normalized spacial score (nSPS) is 22.2. The zero-order chi connectivity index (χ0) is 14.7. The summed E-state index contributed by atoms with van der Waals surface area (Å²) in [6, 6.07) is 0.672. The van der Waals surface area contributed by atoms with Crippen molar-refractivity contribution in [3.8, 4) is 5.75 Å². The molecule has 2 aliphatic heterocycles. The molecule has 1 aromatic heterocycles. The van der Waals surface area contributed by atoms with Gasteiger partial charge >= 0.3 is 0 Å². The third-order valence-corrected chi connectivity index (χ3v) is 4.42. The maximum atomic E-state index is 5.60. The van der Waals surface area contributed by atoms with Gasteiger partial charge in [0.1, 0.15) is 6.33 Å². The van der Waals surface area contributed by atoms with Gasteiger partial charge in [-0.05, 0) is 25.8 Å². The molecule has 2 saturated heterocycles. The Bertz CT molecular complexity index is 481. The van der Waals surface area contributed by atoms with Crippen LogP contribution in [0.2, 0.25) is 0 Å². The molecule has 0 aromatic carbocycles. The fraction of sp³-hybridized carbons (Fsp3) is 0.733. The van der Waals surface area contributed by atoms with Gasteiger partial charge in [-0.25, -0.2) is 9.97 Å². The van der Waals surface area contributed by atoms with Crippen LogP contribution in [0.1, 0.15) is 26.2 Å². The molecule has 21 heavy (non-hydrogen) atoms. The zero-order valence-corrected chi connectivity index (χ0v) is 13.0. The molecule has 0 aliphatic carbocycles. The van der Waals surface area contributed by atoms with E-state index in [1.807, 2.05) is 0 Å². The van der Waals surface area contributed by atoms with E-state index >= 15 is 0 Å². The summed E-state index contributed by atoms with van der Waals surface area (Å²) < 4.78 is 5.60. The van der Waals surface area contributed by atoms with Gasteiger partial charge < -0.3 is 15.0 Å². The Balaban J connectivity index is 1.80. The molecule has 0 amide bonds. The summed E-state index contributed by atoms with van der Waals surface area (Å²) >= 11 is 0. The minimum absolute atomic E-state index is 0.672. The molecule has 0 spiro atoms. The predicted octanol–water partition coefficient (Wildman–Crippen LogP) is 1.59. The van der Waals surface area contributed by atoms with E-state index in [1.54, 1.807) is 13.4 Å². The summed E-state index contributed by atoms with van der Waals surface area (Å²) in [5.74, 6) is 2.51. The lowest BCUT2D eigenvalue weighted by atomic mass is 10.1. The van der Waals surface area contributed by atoms with Gasteiger partial charge in [-0.3, -0.25) is 4.90 Å². The molecule has 1 unspecified atom stereocenters. The van der Waals surface area contributed by atoms with Crippen molar-refractivity contribution < 1.29 is 4.74 Å². The van der Waals surface area contributed by atoms with Gasteiger partial charge in [0.2, 0.25) is 5.75 Å². The summed E-state index contributed by atoms with van der Waals surface area (Å²) in [7, 11) is 1.70. The monoisotopic (exact) mass is 291 g/mol. The number of nitrogens with one attached hydrogen (secondary N) is 1. The van der Waals surface area contributed by atoms with Crippen LogP contribution in [0.15, 0.2) is 6.33 Å². The molecule has 6 heteroatoms. The van der Waals surface area contributed by atoms with Crippen LogP contribution in [-0.4, -0.2) is 60.7 Å². The van der Waals surface area contributed by atoms with Crippen molar-refractivity contribution in [3.05, 3.63) is 6.33 Å². The van der Waals surface area contributed by atoms with Gasteiger partial charge in [0, 0.05) is 32.2 Å². The van der Waals surface area contributed by atoms with E-state index in [4.69, 9.17) is 4.74 Å². The van der Waals surface area contributed by atoms with Crippen molar-refractivity contribution in [2.75, 3.05) is 50.1 Å². The quantitative estimate of drug-likeness (QED) is 0.889. The van der Waals surface area contributed by atoms with Crippen molar-refractivity contribution in [1.29, 1.82) is 0 Å². The van der Waals surface area contributed by atoms with Gasteiger partial charge in [-0.1, -0.05) is 6.92 Å². The smallest absolute Gasteiger partial charge is 0.204 e. The van der Waals surface area contributed by atoms with Crippen molar-refractivity contribution in [2.45, 2.75) is 32.2 Å². The SMILES string of the molecule is CCCNc1ncnc(N2CCN3CCCC3C2)c1OC. The van der Waals surface area contributed by atoms with Crippen LogP contribution in [0.3, 0.4) is 0 Å². The zero-order valence-electron chi connectivity index (χ0n) is 13.0. The second-order valence-corrected chi connectivity index (χ2v) is 5.78.